The van der Waals surface area contributed by atoms with Gasteiger partial charge in [0, 0.05) is 0 Å². The topological polar surface area (TPSA) is 29.3 Å². The van der Waals surface area contributed by atoms with Crippen molar-refractivity contribution in [2.24, 2.45) is 0 Å². The van der Waals surface area contributed by atoms with Gasteiger partial charge >= 0.3 is 5.97 Å². The van der Waals surface area contributed by atoms with E-state index in [1.807, 2.05) is 0 Å². The fourth-order valence-corrected chi connectivity index (χ4v) is 0.405. The van der Waals surface area contributed by atoms with E-state index in [-0.39, 0.29) is 0 Å². The van der Waals surface area contributed by atoms with E-state index in [4.69, 9.17) is 34.8 Å². The number of nitrogens with zero attached hydrogens (tertiary/aromatic N) is 1. The van der Waals surface area contributed by atoms with Crippen molar-refractivity contribution in [1.29, 1.82) is 0 Å². The van der Waals surface area contributed by atoms with Crippen molar-refractivity contribution in [2.45, 2.75) is 3.79 Å². The second-order valence-electron chi connectivity index (χ2n) is 1.81. The number of carbonyl (C=O) groups excluding carboxylic acids is 1. The molecule has 0 amide bonds. The zero-order valence-electron chi connectivity index (χ0n) is 4.81. The maximum atomic E-state index is 10.7. The Morgan fingerprint density at radius 1 is 1.40 bits per heavy atom. The molecule has 0 saturated carbocycles. The van der Waals surface area contributed by atoms with Crippen molar-refractivity contribution in [3.8, 4) is 0 Å². The van der Waals surface area contributed by atoms with Crippen LogP contribution in [0.5, 0.6) is 0 Å². The van der Waals surface area contributed by atoms with Crippen LogP contribution in [0.4, 0.5) is 0 Å². The molecule has 0 atom stereocenters. The van der Waals surface area contributed by atoms with Crippen LogP contribution in [0.15, 0.2) is 0 Å². The summed E-state index contributed by atoms with van der Waals surface area (Å²) in [6, 6.07) is 0. The van der Waals surface area contributed by atoms with E-state index < -0.39 is 9.76 Å². The van der Waals surface area contributed by atoms with E-state index in [0.717, 1.165) is 0 Å². The second-order valence-corrected chi connectivity index (χ2v) is 4.09. The molecule has 1 rings (SSSR count). The lowest BCUT2D eigenvalue weighted by Gasteiger charge is -2.08. The highest BCUT2D eigenvalue weighted by molar-refractivity contribution is 6.75. The van der Waals surface area contributed by atoms with Gasteiger partial charge in [0.15, 0.2) is 0 Å². The highest BCUT2D eigenvalue weighted by Gasteiger charge is 2.36. The predicted octanol–water partition coefficient (Wildman–Crippen LogP) is 1.13. The molecule has 0 aromatic carbocycles. The Labute approximate surface area is 72.7 Å². The Morgan fingerprint density at radius 2 is 1.90 bits per heavy atom. The molecule has 0 spiro atoms. The number of alkyl halides is 3. The van der Waals surface area contributed by atoms with Gasteiger partial charge in [-0.3, -0.25) is 0 Å². The summed E-state index contributed by atoms with van der Waals surface area (Å²) in [5, 5.41) is 1.39. The maximum absolute atomic E-state index is 10.7. The Hall–Kier alpha value is 0.300. The van der Waals surface area contributed by atoms with Gasteiger partial charge in [-0.1, -0.05) is 34.8 Å². The van der Waals surface area contributed by atoms with Crippen molar-refractivity contribution in [3.63, 3.8) is 0 Å². The second kappa shape index (κ2) is 2.74. The molecule has 0 bridgehead atoms. The van der Waals surface area contributed by atoms with Crippen molar-refractivity contribution < 1.29 is 9.63 Å². The summed E-state index contributed by atoms with van der Waals surface area (Å²) < 4.78 is -1.96. The van der Waals surface area contributed by atoms with Gasteiger partial charge in [-0.25, -0.2) is 4.79 Å². The summed E-state index contributed by atoms with van der Waals surface area (Å²) in [6.45, 7) is 1.43. The van der Waals surface area contributed by atoms with Gasteiger partial charge in [-0.05, 0) is 0 Å². The molecule has 1 aliphatic heterocycles. The van der Waals surface area contributed by atoms with Crippen LogP contribution in [0.3, 0.4) is 0 Å². The van der Waals surface area contributed by atoms with Gasteiger partial charge in [0.2, 0.25) is 0 Å². The first-order chi connectivity index (χ1) is 4.50. The molecule has 3 nitrogen and oxygen atoms in total. The van der Waals surface area contributed by atoms with E-state index in [1.54, 1.807) is 0 Å². The predicted molar refractivity (Wildman–Crippen MR) is 38.0 cm³/mol. The smallest absolute Gasteiger partial charge is 0.364 e. The monoisotopic (exact) mass is 203 g/mol. The van der Waals surface area contributed by atoms with Crippen LogP contribution in [0.2, 0.25) is 0 Å². The van der Waals surface area contributed by atoms with Crippen molar-refractivity contribution in [1.82, 2.24) is 5.06 Å². The first-order valence-corrected chi connectivity index (χ1v) is 3.67. The molecule has 0 aromatic heterocycles. The summed E-state index contributed by atoms with van der Waals surface area (Å²) >= 11 is 15.6. The molecule has 58 valence electrons. The molecule has 1 aliphatic rings. The van der Waals surface area contributed by atoms with Crippen LogP contribution >= 0.6 is 34.8 Å². The highest BCUT2D eigenvalue weighted by Crippen LogP contribution is 2.28. The zero-order valence-corrected chi connectivity index (χ0v) is 7.08. The number of hydroxylamine groups is 2. The summed E-state index contributed by atoms with van der Waals surface area (Å²) in [5.41, 5.74) is 0. The average Bonchev–Trinajstić information content (AvgIpc) is 2.47. The number of carbonyl (C=O) groups is 1. The normalized spacial score (nSPS) is 18.7. The van der Waals surface area contributed by atoms with Gasteiger partial charge in [-0.2, -0.15) is 0 Å². The van der Waals surface area contributed by atoms with Gasteiger partial charge in [-0.15, -0.1) is 5.06 Å². The van der Waals surface area contributed by atoms with E-state index in [9.17, 15) is 4.79 Å². The van der Waals surface area contributed by atoms with Gasteiger partial charge in [0.25, 0.3) is 3.79 Å². The number of hydrogen-bond donors (Lipinski definition) is 0. The van der Waals surface area contributed by atoms with Crippen LogP contribution in [0.1, 0.15) is 0 Å². The van der Waals surface area contributed by atoms with Gasteiger partial charge in [0.05, 0.1) is 13.1 Å². The quantitative estimate of drug-likeness (QED) is 0.474. The van der Waals surface area contributed by atoms with E-state index in [2.05, 4.69) is 4.84 Å². The summed E-state index contributed by atoms with van der Waals surface area (Å²) in [5.74, 6) is -0.852. The lowest BCUT2D eigenvalue weighted by molar-refractivity contribution is -0.164. The molecule has 1 heterocycles. The first kappa shape index (κ1) is 8.40. The first-order valence-electron chi connectivity index (χ1n) is 2.54. The Morgan fingerprint density at radius 3 is 2.20 bits per heavy atom. The SMILES string of the molecule is O=C(ON1CC1)C(Cl)(Cl)Cl. The van der Waals surface area contributed by atoms with Crippen LogP contribution in [0, 0.1) is 0 Å². The Kier molecular flexibility index (Phi) is 2.30. The molecule has 1 saturated heterocycles. The lowest BCUT2D eigenvalue weighted by atomic mass is 10.8. The third kappa shape index (κ3) is 2.50. The standard InChI is InChI=1S/C4H4Cl3NO2/c5-4(6,7)3(9)10-8-1-2-8/h1-2H2. The largest absolute Gasteiger partial charge is 0.377 e. The number of hydrogen-bond acceptors (Lipinski definition) is 3. The Balaban J connectivity index is 2.32. The zero-order chi connectivity index (χ0) is 7.78. The van der Waals surface area contributed by atoms with Crippen molar-refractivity contribution in [3.05, 3.63) is 0 Å². The van der Waals surface area contributed by atoms with Crippen LogP contribution < -0.4 is 0 Å². The maximum Gasteiger partial charge on any atom is 0.377 e. The van der Waals surface area contributed by atoms with Crippen molar-refractivity contribution in [2.75, 3.05) is 13.1 Å². The molecule has 0 unspecified atom stereocenters. The molecule has 0 aromatic rings. The highest BCUT2D eigenvalue weighted by atomic mass is 35.6. The van der Waals surface area contributed by atoms with Crippen LogP contribution in [-0.4, -0.2) is 27.9 Å². The minimum absolute atomic E-state index is 0.715. The molecular weight excluding hydrogens is 200 g/mol. The van der Waals surface area contributed by atoms with E-state index >= 15 is 0 Å². The summed E-state index contributed by atoms with van der Waals surface area (Å²) in [7, 11) is 0. The molecule has 6 heteroatoms. The fourth-order valence-electron chi connectivity index (χ4n) is 0.301. The van der Waals surface area contributed by atoms with Crippen molar-refractivity contribution >= 4 is 40.8 Å². The molecular formula is C4H4Cl3NO2. The van der Waals surface area contributed by atoms with E-state index in [1.165, 1.54) is 5.06 Å². The summed E-state index contributed by atoms with van der Waals surface area (Å²) in [6.07, 6.45) is 0. The fraction of sp³-hybridized carbons (Fsp3) is 0.750. The van der Waals surface area contributed by atoms with E-state index in [0.29, 0.717) is 13.1 Å². The summed E-state index contributed by atoms with van der Waals surface area (Å²) in [4.78, 5) is 15.2. The molecule has 10 heavy (non-hydrogen) atoms. The average molecular weight is 204 g/mol. The molecule has 1 fully saturated rings. The number of rotatable bonds is 1. The Bertz CT molecular complexity index is 151. The lowest BCUT2D eigenvalue weighted by Crippen LogP contribution is -2.24. The third-order valence-electron chi connectivity index (χ3n) is 0.850. The van der Waals surface area contributed by atoms with Crippen LogP contribution in [0.25, 0.3) is 0 Å². The molecule has 0 aliphatic carbocycles. The van der Waals surface area contributed by atoms with Gasteiger partial charge < -0.3 is 4.84 Å². The minimum Gasteiger partial charge on any atom is -0.364 e. The molecule has 0 radical (unpaired) electrons. The number of halogens is 3. The minimum atomic E-state index is -1.96. The third-order valence-corrected chi connectivity index (χ3v) is 1.31. The van der Waals surface area contributed by atoms with Crippen LogP contribution in [-0.2, 0) is 9.63 Å². The molecule has 0 N–H and O–H groups in total. The van der Waals surface area contributed by atoms with Gasteiger partial charge in [0.1, 0.15) is 0 Å².